The summed E-state index contributed by atoms with van der Waals surface area (Å²) in [6, 6.07) is 14.3. The summed E-state index contributed by atoms with van der Waals surface area (Å²) in [5.74, 6) is 1.32. The highest BCUT2D eigenvalue weighted by molar-refractivity contribution is 5.97. The molecule has 7 heteroatoms. The molecule has 0 aliphatic rings. The quantitative estimate of drug-likeness (QED) is 0.496. The first-order valence-corrected chi connectivity index (χ1v) is 9.15. The smallest absolute Gasteiger partial charge is 0.263 e. The second kappa shape index (κ2) is 10.6. The summed E-state index contributed by atoms with van der Waals surface area (Å²) in [6.07, 6.45) is 1.37. The summed E-state index contributed by atoms with van der Waals surface area (Å²) < 4.78 is 16.1. The number of carbonyl (C=O) groups is 1. The second-order valence-corrected chi connectivity index (χ2v) is 6.05. The maximum Gasteiger partial charge on any atom is 0.263 e. The number of anilines is 1. The van der Waals surface area contributed by atoms with E-state index in [0.717, 1.165) is 5.56 Å². The van der Waals surface area contributed by atoms with E-state index in [2.05, 4.69) is 10.6 Å². The molecule has 0 heterocycles. The van der Waals surface area contributed by atoms with Crippen molar-refractivity contribution >= 4 is 11.6 Å². The molecule has 0 radical (unpaired) electrons. The summed E-state index contributed by atoms with van der Waals surface area (Å²) in [6.45, 7) is 4.22. The number of nitrogens with one attached hydrogen (secondary N) is 2. The average molecular weight is 395 g/mol. The molecule has 0 aliphatic heterocycles. The zero-order valence-electron chi connectivity index (χ0n) is 17.0. The van der Waals surface area contributed by atoms with Crippen molar-refractivity contribution in [1.82, 2.24) is 5.32 Å². The van der Waals surface area contributed by atoms with E-state index in [4.69, 9.17) is 14.2 Å². The minimum absolute atomic E-state index is 0.0522. The molecular weight excluding hydrogens is 370 g/mol. The van der Waals surface area contributed by atoms with Crippen LogP contribution in [0.1, 0.15) is 25.5 Å². The predicted octanol–water partition coefficient (Wildman–Crippen LogP) is 3.80. The number of rotatable bonds is 9. The second-order valence-electron chi connectivity index (χ2n) is 6.05. The number of benzene rings is 2. The van der Waals surface area contributed by atoms with Crippen molar-refractivity contribution in [2.75, 3.05) is 26.1 Å². The summed E-state index contributed by atoms with van der Waals surface area (Å²) >= 11 is 0. The highest BCUT2D eigenvalue weighted by Gasteiger charge is 2.16. The van der Waals surface area contributed by atoms with Gasteiger partial charge in [0.15, 0.2) is 11.5 Å². The van der Waals surface area contributed by atoms with Gasteiger partial charge in [-0.15, -0.1) is 0 Å². The van der Waals surface area contributed by atoms with Gasteiger partial charge >= 0.3 is 0 Å². The van der Waals surface area contributed by atoms with Gasteiger partial charge < -0.3 is 24.8 Å². The predicted molar refractivity (Wildman–Crippen MR) is 111 cm³/mol. The summed E-state index contributed by atoms with van der Waals surface area (Å²) in [7, 11) is 3.11. The normalized spacial score (nSPS) is 11.8. The van der Waals surface area contributed by atoms with E-state index in [0.29, 0.717) is 29.5 Å². The first-order valence-electron chi connectivity index (χ1n) is 9.15. The molecule has 7 nitrogen and oxygen atoms in total. The van der Waals surface area contributed by atoms with Crippen molar-refractivity contribution in [3.8, 4) is 23.3 Å². The lowest BCUT2D eigenvalue weighted by atomic mass is 10.1. The number of nitrogens with zero attached hydrogens (tertiary/aromatic N) is 1. The van der Waals surface area contributed by atoms with E-state index < -0.39 is 5.91 Å². The van der Waals surface area contributed by atoms with Gasteiger partial charge in [0.1, 0.15) is 17.4 Å². The molecular formula is C22H25N3O4. The number of ether oxygens (including phenoxy) is 3. The molecule has 2 N–H and O–H groups in total. The fraction of sp³-hybridized carbons (Fsp3) is 0.273. The maximum absolute atomic E-state index is 12.5. The van der Waals surface area contributed by atoms with Gasteiger partial charge in [0.25, 0.3) is 5.91 Å². The van der Waals surface area contributed by atoms with Crippen LogP contribution in [0.2, 0.25) is 0 Å². The zero-order chi connectivity index (χ0) is 21.2. The number of hydrogen-bond acceptors (Lipinski definition) is 6. The van der Waals surface area contributed by atoms with Gasteiger partial charge in [-0.25, -0.2) is 0 Å². The van der Waals surface area contributed by atoms with Gasteiger partial charge in [-0.05, 0) is 43.7 Å². The van der Waals surface area contributed by atoms with Crippen LogP contribution in [0.5, 0.6) is 17.2 Å². The molecule has 0 aliphatic carbocycles. The lowest BCUT2D eigenvalue weighted by molar-refractivity contribution is -0.117. The van der Waals surface area contributed by atoms with Crippen molar-refractivity contribution in [2.45, 2.75) is 19.9 Å². The minimum Gasteiger partial charge on any atom is -0.493 e. The molecule has 1 amide bonds. The number of carbonyl (C=O) groups excluding carboxylic acids is 1. The van der Waals surface area contributed by atoms with Crippen LogP contribution in [0.25, 0.3) is 0 Å². The highest BCUT2D eigenvalue weighted by atomic mass is 16.5. The van der Waals surface area contributed by atoms with E-state index >= 15 is 0 Å². The molecule has 0 bridgehead atoms. The van der Waals surface area contributed by atoms with Gasteiger partial charge in [0.2, 0.25) is 0 Å². The van der Waals surface area contributed by atoms with Crippen molar-refractivity contribution in [3.05, 3.63) is 59.8 Å². The van der Waals surface area contributed by atoms with Crippen LogP contribution in [0.15, 0.2) is 54.2 Å². The first-order chi connectivity index (χ1) is 14.0. The lowest BCUT2D eigenvalue weighted by Crippen LogP contribution is -2.28. The first kappa shape index (κ1) is 21.6. The Morgan fingerprint density at radius 2 is 1.86 bits per heavy atom. The standard InChI is InChI=1S/C22H25N3O4/c1-5-29-19-9-7-6-8-18(19)24-14-17(13-23)22(26)25-15(2)16-10-11-20(27-3)21(12-16)28-4/h6-12,14-15,24H,5H2,1-4H3,(H,25,26)/b17-14-. The summed E-state index contributed by atoms with van der Waals surface area (Å²) in [4.78, 5) is 12.5. The molecule has 152 valence electrons. The van der Waals surface area contributed by atoms with Crippen LogP contribution < -0.4 is 24.8 Å². The summed E-state index contributed by atoms with van der Waals surface area (Å²) in [5.41, 5.74) is 1.44. The van der Waals surface area contributed by atoms with Crippen molar-refractivity contribution in [3.63, 3.8) is 0 Å². The minimum atomic E-state index is -0.490. The molecule has 1 unspecified atom stereocenters. The monoisotopic (exact) mass is 395 g/mol. The average Bonchev–Trinajstić information content (AvgIpc) is 2.74. The SMILES string of the molecule is CCOc1ccccc1N/C=C(/C#N)C(=O)NC(C)c1ccc(OC)c(OC)c1. The van der Waals surface area contributed by atoms with Gasteiger partial charge in [0.05, 0.1) is 32.6 Å². The molecule has 1 atom stereocenters. The third kappa shape index (κ3) is 5.66. The largest absolute Gasteiger partial charge is 0.493 e. The van der Waals surface area contributed by atoms with E-state index in [1.165, 1.54) is 6.20 Å². The van der Waals surface area contributed by atoms with E-state index in [1.54, 1.807) is 32.4 Å². The Morgan fingerprint density at radius 1 is 1.14 bits per heavy atom. The number of para-hydroxylation sites is 2. The Kier molecular flexibility index (Phi) is 7.92. The van der Waals surface area contributed by atoms with Crippen molar-refractivity contribution in [2.24, 2.45) is 0 Å². The Hall–Kier alpha value is -3.66. The molecule has 2 aromatic rings. The van der Waals surface area contributed by atoms with E-state index in [1.807, 2.05) is 44.2 Å². The third-order valence-corrected chi connectivity index (χ3v) is 4.18. The summed E-state index contributed by atoms with van der Waals surface area (Å²) in [5, 5.41) is 15.2. The van der Waals surface area contributed by atoms with Crippen LogP contribution in [0, 0.1) is 11.3 Å². The van der Waals surface area contributed by atoms with Crippen molar-refractivity contribution in [1.29, 1.82) is 5.26 Å². The Bertz CT molecular complexity index is 919. The van der Waals surface area contributed by atoms with Crippen LogP contribution in [-0.2, 0) is 4.79 Å². The zero-order valence-corrected chi connectivity index (χ0v) is 17.0. The maximum atomic E-state index is 12.5. The Balaban J connectivity index is 2.12. The molecule has 29 heavy (non-hydrogen) atoms. The van der Waals surface area contributed by atoms with Crippen LogP contribution in [0.3, 0.4) is 0 Å². The number of methoxy groups -OCH3 is 2. The lowest BCUT2D eigenvalue weighted by Gasteiger charge is -2.16. The molecule has 0 saturated heterocycles. The number of nitriles is 1. The van der Waals surface area contributed by atoms with Crippen LogP contribution in [-0.4, -0.2) is 26.7 Å². The number of hydrogen-bond donors (Lipinski definition) is 2. The van der Waals surface area contributed by atoms with Gasteiger partial charge in [-0.2, -0.15) is 5.26 Å². The Labute approximate surface area is 170 Å². The molecule has 0 fully saturated rings. The van der Waals surface area contributed by atoms with Gasteiger partial charge in [-0.1, -0.05) is 18.2 Å². The van der Waals surface area contributed by atoms with E-state index in [-0.39, 0.29) is 11.6 Å². The fourth-order valence-corrected chi connectivity index (χ4v) is 2.65. The topological polar surface area (TPSA) is 92.6 Å². The molecule has 0 saturated carbocycles. The molecule has 2 rings (SSSR count). The van der Waals surface area contributed by atoms with Gasteiger partial charge in [0, 0.05) is 6.20 Å². The van der Waals surface area contributed by atoms with Crippen LogP contribution in [0.4, 0.5) is 5.69 Å². The van der Waals surface area contributed by atoms with Crippen LogP contribution >= 0.6 is 0 Å². The molecule has 2 aromatic carbocycles. The van der Waals surface area contributed by atoms with Gasteiger partial charge in [-0.3, -0.25) is 4.79 Å². The third-order valence-electron chi connectivity index (χ3n) is 4.18. The number of amides is 1. The van der Waals surface area contributed by atoms with Crippen molar-refractivity contribution < 1.29 is 19.0 Å². The molecule has 0 spiro atoms. The van der Waals surface area contributed by atoms with E-state index in [9.17, 15) is 10.1 Å². The fourth-order valence-electron chi connectivity index (χ4n) is 2.65. The Morgan fingerprint density at radius 3 is 2.52 bits per heavy atom. The molecule has 0 aromatic heterocycles. The highest BCUT2D eigenvalue weighted by Crippen LogP contribution is 2.30.